The SMILES string of the molecule is c1ccc(-c2cc3c4c(cc5ccccc5c4c2)-c2c-3c(-c3ccccc3)c3cc4cc(-c5ccccc5)c(-c5ccccc5)cc4cc3c2-c2ccccc2)cc1. The zero-order valence-corrected chi connectivity index (χ0v) is 31.8. The first-order chi connectivity index (χ1) is 28.8. The summed E-state index contributed by atoms with van der Waals surface area (Å²) in [6.45, 7) is 0. The van der Waals surface area contributed by atoms with Crippen molar-refractivity contribution < 1.29 is 0 Å². The molecular formula is C58H36. The predicted molar refractivity (Wildman–Crippen MR) is 248 cm³/mol. The van der Waals surface area contributed by atoms with E-state index in [1.807, 2.05) is 0 Å². The second kappa shape index (κ2) is 13.0. The van der Waals surface area contributed by atoms with Crippen LogP contribution in [-0.2, 0) is 0 Å². The van der Waals surface area contributed by atoms with Gasteiger partial charge in [-0.3, -0.25) is 0 Å². The Bertz CT molecular complexity index is 3380. The summed E-state index contributed by atoms with van der Waals surface area (Å²) >= 11 is 0. The smallest absolute Gasteiger partial charge is 0.000719 e. The Labute approximate surface area is 337 Å². The van der Waals surface area contributed by atoms with Crippen LogP contribution in [0, 0.1) is 0 Å². The van der Waals surface area contributed by atoms with Crippen LogP contribution in [0.5, 0.6) is 0 Å². The maximum atomic E-state index is 2.48. The van der Waals surface area contributed by atoms with E-state index >= 15 is 0 Å². The van der Waals surface area contributed by atoms with Gasteiger partial charge in [0.2, 0.25) is 0 Å². The molecule has 0 N–H and O–H groups in total. The van der Waals surface area contributed by atoms with Gasteiger partial charge in [0, 0.05) is 0 Å². The van der Waals surface area contributed by atoms with Crippen molar-refractivity contribution in [1.82, 2.24) is 0 Å². The van der Waals surface area contributed by atoms with Crippen molar-refractivity contribution in [2.75, 3.05) is 0 Å². The summed E-state index contributed by atoms with van der Waals surface area (Å²) in [6, 6.07) is 80.9. The van der Waals surface area contributed by atoms with E-state index in [1.165, 1.54) is 121 Å². The molecule has 0 bridgehead atoms. The number of hydrogen-bond acceptors (Lipinski definition) is 0. The van der Waals surface area contributed by atoms with E-state index in [9.17, 15) is 0 Å². The molecule has 11 aromatic rings. The second-order valence-electron chi connectivity index (χ2n) is 15.6. The third-order valence-corrected chi connectivity index (χ3v) is 12.3. The molecule has 0 aromatic heterocycles. The molecule has 0 saturated carbocycles. The lowest BCUT2D eigenvalue weighted by Gasteiger charge is -2.22. The van der Waals surface area contributed by atoms with Gasteiger partial charge in [-0.1, -0.05) is 176 Å². The Balaban J connectivity index is 1.29. The molecule has 268 valence electrons. The van der Waals surface area contributed by atoms with Gasteiger partial charge in [0.25, 0.3) is 0 Å². The summed E-state index contributed by atoms with van der Waals surface area (Å²) in [7, 11) is 0. The fourth-order valence-corrected chi connectivity index (χ4v) is 9.78. The van der Waals surface area contributed by atoms with Gasteiger partial charge >= 0.3 is 0 Å². The van der Waals surface area contributed by atoms with Gasteiger partial charge < -0.3 is 0 Å². The van der Waals surface area contributed by atoms with E-state index in [4.69, 9.17) is 0 Å². The Kier molecular flexibility index (Phi) is 7.33. The highest BCUT2D eigenvalue weighted by atomic mass is 14.3. The first-order valence-electron chi connectivity index (χ1n) is 20.2. The normalized spacial score (nSPS) is 11.8. The van der Waals surface area contributed by atoms with Gasteiger partial charge in [0.15, 0.2) is 0 Å². The molecule has 11 aromatic carbocycles. The maximum Gasteiger partial charge on any atom is -0.000719 e. The van der Waals surface area contributed by atoms with Crippen LogP contribution in [0.25, 0.3) is 121 Å². The van der Waals surface area contributed by atoms with Gasteiger partial charge in [0.1, 0.15) is 0 Å². The summed E-state index contributed by atoms with van der Waals surface area (Å²) in [5, 5.41) is 10.2. The number of fused-ring (bicyclic) bond motifs is 7. The third-order valence-electron chi connectivity index (χ3n) is 12.3. The molecule has 0 aliphatic heterocycles. The minimum Gasteiger partial charge on any atom is -0.0622 e. The van der Waals surface area contributed by atoms with Crippen LogP contribution in [0.15, 0.2) is 218 Å². The molecule has 0 heteroatoms. The number of benzene rings is 11. The average molecular weight is 733 g/mol. The number of rotatable bonds is 5. The van der Waals surface area contributed by atoms with E-state index in [0.717, 1.165) is 0 Å². The highest BCUT2D eigenvalue weighted by molar-refractivity contribution is 6.32. The molecule has 0 spiro atoms. The summed E-state index contributed by atoms with van der Waals surface area (Å²) in [6.07, 6.45) is 0. The Morgan fingerprint density at radius 3 is 1.09 bits per heavy atom. The summed E-state index contributed by atoms with van der Waals surface area (Å²) in [4.78, 5) is 0. The van der Waals surface area contributed by atoms with Crippen molar-refractivity contribution in [2.24, 2.45) is 0 Å². The Hall–Kier alpha value is -7.54. The van der Waals surface area contributed by atoms with Crippen molar-refractivity contribution in [3.63, 3.8) is 0 Å². The zero-order chi connectivity index (χ0) is 38.2. The zero-order valence-electron chi connectivity index (χ0n) is 31.8. The first-order valence-corrected chi connectivity index (χ1v) is 20.2. The minimum absolute atomic E-state index is 1.22. The lowest BCUT2D eigenvalue weighted by Crippen LogP contribution is -1.95. The van der Waals surface area contributed by atoms with Gasteiger partial charge in [-0.15, -0.1) is 0 Å². The molecule has 0 amide bonds. The fourth-order valence-electron chi connectivity index (χ4n) is 9.78. The highest BCUT2D eigenvalue weighted by Gasteiger charge is 2.32. The van der Waals surface area contributed by atoms with E-state index in [2.05, 4.69) is 218 Å². The largest absolute Gasteiger partial charge is 0.0622 e. The van der Waals surface area contributed by atoms with Crippen molar-refractivity contribution in [3.05, 3.63) is 218 Å². The van der Waals surface area contributed by atoms with Gasteiger partial charge in [-0.2, -0.15) is 0 Å². The van der Waals surface area contributed by atoms with Gasteiger partial charge in [-0.25, -0.2) is 0 Å². The lowest BCUT2D eigenvalue weighted by atomic mass is 9.81. The molecule has 0 saturated heterocycles. The van der Waals surface area contributed by atoms with E-state index in [0.29, 0.717) is 0 Å². The van der Waals surface area contributed by atoms with E-state index < -0.39 is 0 Å². The minimum atomic E-state index is 1.22. The lowest BCUT2D eigenvalue weighted by molar-refractivity contribution is 1.60. The summed E-state index contributed by atoms with van der Waals surface area (Å²) in [5.41, 5.74) is 17.6. The molecule has 58 heavy (non-hydrogen) atoms. The quantitative estimate of drug-likeness (QED) is 0.122. The van der Waals surface area contributed by atoms with Crippen LogP contribution in [-0.4, -0.2) is 0 Å². The monoisotopic (exact) mass is 732 g/mol. The van der Waals surface area contributed by atoms with Crippen LogP contribution < -0.4 is 0 Å². The highest BCUT2D eigenvalue weighted by Crippen LogP contribution is 2.59. The molecule has 0 radical (unpaired) electrons. The summed E-state index contributed by atoms with van der Waals surface area (Å²) < 4.78 is 0. The second-order valence-corrected chi connectivity index (χ2v) is 15.6. The Morgan fingerprint density at radius 2 is 0.586 bits per heavy atom. The van der Waals surface area contributed by atoms with Gasteiger partial charge in [-0.05, 0) is 163 Å². The number of hydrogen-bond donors (Lipinski definition) is 0. The molecule has 1 aliphatic rings. The third kappa shape index (κ3) is 5.02. The topological polar surface area (TPSA) is 0 Å². The van der Waals surface area contributed by atoms with Crippen LogP contribution in [0.3, 0.4) is 0 Å². The van der Waals surface area contributed by atoms with Crippen molar-refractivity contribution in [2.45, 2.75) is 0 Å². The van der Waals surface area contributed by atoms with Crippen LogP contribution >= 0.6 is 0 Å². The predicted octanol–water partition coefficient (Wildman–Crippen LogP) is 16.3. The van der Waals surface area contributed by atoms with Crippen molar-refractivity contribution in [1.29, 1.82) is 0 Å². The van der Waals surface area contributed by atoms with Crippen LogP contribution in [0.4, 0.5) is 0 Å². The fraction of sp³-hybridized carbons (Fsp3) is 0. The molecule has 12 rings (SSSR count). The molecular weight excluding hydrogens is 697 g/mol. The van der Waals surface area contributed by atoms with Gasteiger partial charge in [0.05, 0.1) is 0 Å². The average Bonchev–Trinajstić information content (AvgIpc) is 3.61. The standard InChI is InChI=1S/C58H36/c1-6-18-37(19-7-1)43-33-49-46-29-17-16-28-42(46)30-52-56(49)53(36-43)58-55(41-26-14-5-15-27-41)51-35-45-32-48(39-22-10-3-11-23-39)47(38-20-8-2-9-21-38)31-44(45)34-50(51)54(57(52)58)40-24-12-4-13-25-40/h1-36H. The molecule has 0 heterocycles. The van der Waals surface area contributed by atoms with E-state index in [1.54, 1.807) is 0 Å². The van der Waals surface area contributed by atoms with Crippen LogP contribution in [0.2, 0.25) is 0 Å². The van der Waals surface area contributed by atoms with Crippen molar-refractivity contribution in [3.8, 4) is 77.9 Å². The maximum absolute atomic E-state index is 2.48. The summed E-state index contributed by atoms with van der Waals surface area (Å²) in [5.74, 6) is 0. The molecule has 0 unspecified atom stereocenters. The Morgan fingerprint density at radius 1 is 0.190 bits per heavy atom. The molecule has 0 atom stereocenters. The van der Waals surface area contributed by atoms with Crippen LogP contribution in [0.1, 0.15) is 0 Å². The first kappa shape index (κ1) is 32.7. The molecule has 0 nitrogen and oxygen atoms in total. The molecule has 1 aliphatic carbocycles. The molecule has 0 fully saturated rings. The van der Waals surface area contributed by atoms with Crippen molar-refractivity contribution >= 4 is 43.1 Å². The van der Waals surface area contributed by atoms with E-state index in [-0.39, 0.29) is 0 Å².